The maximum Gasteiger partial charge on any atom is 0.149 e. The van der Waals surface area contributed by atoms with Gasteiger partial charge in [0.15, 0.2) is 0 Å². The van der Waals surface area contributed by atoms with Gasteiger partial charge >= 0.3 is 0 Å². The molecule has 0 aliphatic heterocycles. The van der Waals surface area contributed by atoms with Crippen LogP contribution in [0.5, 0.6) is 0 Å². The third-order valence-electron chi connectivity index (χ3n) is 4.90. The Labute approximate surface area is 101 Å². The Morgan fingerprint density at radius 2 is 1.69 bits per heavy atom. The van der Waals surface area contributed by atoms with Gasteiger partial charge in [-0.25, -0.2) is 0 Å². The lowest BCUT2D eigenvalue weighted by Gasteiger charge is -2.55. The van der Waals surface area contributed by atoms with Crippen molar-refractivity contribution in [3.8, 4) is 5.40 Å². The summed E-state index contributed by atoms with van der Waals surface area (Å²) in [5.41, 5.74) is -0.00139. The lowest BCUT2D eigenvalue weighted by molar-refractivity contribution is -0.140. The number of thioether (sulfide) groups is 1. The number of carbonyl (C=O) groups excluding carboxylic acids is 1. The van der Waals surface area contributed by atoms with Crippen LogP contribution < -0.4 is 0 Å². The molecule has 4 aliphatic rings. The first kappa shape index (κ1) is 10.7. The van der Waals surface area contributed by atoms with E-state index in [1.165, 1.54) is 19.3 Å². The molecule has 4 aliphatic carbocycles. The third-order valence-corrected chi connectivity index (χ3v) is 5.43. The second-order valence-corrected chi connectivity index (χ2v) is 6.76. The zero-order valence-electron chi connectivity index (χ0n) is 9.45. The highest BCUT2D eigenvalue weighted by molar-refractivity contribution is 8.04. The summed E-state index contributed by atoms with van der Waals surface area (Å²) in [6.07, 6.45) is 7.51. The highest BCUT2D eigenvalue weighted by Crippen LogP contribution is 2.60. The van der Waals surface area contributed by atoms with E-state index in [0.29, 0.717) is 11.5 Å². The van der Waals surface area contributed by atoms with Crippen LogP contribution in [0.4, 0.5) is 0 Å². The smallest absolute Gasteiger partial charge is 0.149 e. The molecular weight excluding hydrogens is 218 g/mol. The summed E-state index contributed by atoms with van der Waals surface area (Å²) in [5.74, 6) is 3.26. The van der Waals surface area contributed by atoms with Crippen molar-refractivity contribution in [1.29, 1.82) is 5.26 Å². The number of nitriles is 1. The lowest BCUT2D eigenvalue weighted by atomic mass is 9.48. The van der Waals surface area contributed by atoms with Crippen LogP contribution in [0.3, 0.4) is 0 Å². The Kier molecular flexibility index (Phi) is 2.51. The van der Waals surface area contributed by atoms with Gasteiger partial charge in [0.25, 0.3) is 0 Å². The molecule has 0 radical (unpaired) electrons. The fourth-order valence-corrected chi connectivity index (χ4v) is 5.20. The number of thiocyanates is 1. The molecule has 3 heteroatoms. The number of hydrogen-bond acceptors (Lipinski definition) is 3. The van der Waals surface area contributed by atoms with E-state index in [-0.39, 0.29) is 5.41 Å². The van der Waals surface area contributed by atoms with Crippen LogP contribution in [0, 0.1) is 33.8 Å². The molecule has 4 rings (SSSR count). The number of Topliss-reactive ketones (excluding diaryl/α,β-unsaturated/α-hetero) is 1. The number of hydrogen-bond donors (Lipinski definition) is 0. The largest absolute Gasteiger partial charge is 0.298 e. The maximum absolute atomic E-state index is 12.3. The highest BCUT2D eigenvalue weighted by Gasteiger charge is 2.53. The number of ketones is 1. The summed E-state index contributed by atoms with van der Waals surface area (Å²) in [6.45, 7) is 0. The molecule has 0 unspecified atom stereocenters. The Morgan fingerprint density at radius 3 is 2.12 bits per heavy atom. The van der Waals surface area contributed by atoms with Gasteiger partial charge in [-0.15, -0.1) is 0 Å². The molecule has 0 spiro atoms. The van der Waals surface area contributed by atoms with Crippen LogP contribution >= 0.6 is 11.8 Å². The summed E-state index contributed by atoms with van der Waals surface area (Å²) in [4.78, 5) is 12.3. The standard InChI is InChI=1S/C13H17NOS/c14-8-16-7-12(15)13-4-9-1-10(5-13)3-11(2-9)6-13/h9-11H,1-7H2. The van der Waals surface area contributed by atoms with Crippen molar-refractivity contribution in [3.63, 3.8) is 0 Å². The molecule has 0 aromatic heterocycles. The predicted octanol–water partition coefficient (Wildman–Crippen LogP) is 2.99. The van der Waals surface area contributed by atoms with Crippen LogP contribution in [0.1, 0.15) is 38.5 Å². The fourth-order valence-electron chi connectivity index (χ4n) is 4.70. The predicted molar refractivity (Wildman–Crippen MR) is 63.7 cm³/mol. The van der Waals surface area contributed by atoms with Crippen molar-refractivity contribution < 1.29 is 4.79 Å². The third kappa shape index (κ3) is 1.59. The summed E-state index contributed by atoms with van der Waals surface area (Å²) >= 11 is 1.12. The minimum Gasteiger partial charge on any atom is -0.298 e. The molecule has 0 aromatic rings. The van der Waals surface area contributed by atoms with Gasteiger partial charge in [0.2, 0.25) is 0 Å². The lowest BCUT2D eigenvalue weighted by Crippen LogP contribution is -2.50. The molecule has 4 saturated carbocycles. The Morgan fingerprint density at radius 1 is 1.19 bits per heavy atom. The Bertz CT molecular complexity index is 322. The molecule has 0 saturated heterocycles. The molecule has 2 nitrogen and oxygen atoms in total. The molecular formula is C13H17NOS. The molecule has 0 amide bonds. The molecule has 0 heterocycles. The minimum absolute atomic E-state index is 0.00139. The number of carbonyl (C=O) groups is 1. The summed E-state index contributed by atoms with van der Waals surface area (Å²) in [6, 6.07) is 0. The quantitative estimate of drug-likeness (QED) is 0.706. The second-order valence-electron chi connectivity index (χ2n) is 6.00. The van der Waals surface area contributed by atoms with Crippen molar-refractivity contribution in [2.24, 2.45) is 23.2 Å². The molecule has 16 heavy (non-hydrogen) atoms. The topological polar surface area (TPSA) is 40.9 Å². The van der Waals surface area contributed by atoms with Gasteiger partial charge in [-0.2, -0.15) is 5.26 Å². The fraction of sp³-hybridized carbons (Fsp3) is 0.846. The zero-order chi connectivity index (χ0) is 11.2. The van der Waals surface area contributed by atoms with E-state index in [2.05, 4.69) is 0 Å². The Hall–Kier alpha value is -0.490. The molecule has 86 valence electrons. The molecule has 4 bridgehead atoms. The SMILES string of the molecule is N#CSCC(=O)C12CC3CC(CC(C3)C1)C2. The van der Waals surface area contributed by atoms with Crippen LogP contribution in [-0.4, -0.2) is 11.5 Å². The monoisotopic (exact) mass is 235 g/mol. The van der Waals surface area contributed by atoms with Crippen molar-refractivity contribution >= 4 is 17.5 Å². The summed E-state index contributed by atoms with van der Waals surface area (Å²) in [7, 11) is 0. The average Bonchev–Trinajstić information content (AvgIpc) is 2.24. The van der Waals surface area contributed by atoms with Crippen molar-refractivity contribution in [2.75, 3.05) is 5.75 Å². The van der Waals surface area contributed by atoms with Crippen LogP contribution in [0.15, 0.2) is 0 Å². The molecule has 0 atom stereocenters. The van der Waals surface area contributed by atoms with E-state index in [1.54, 1.807) is 0 Å². The molecule has 4 fully saturated rings. The summed E-state index contributed by atoms with van der Waals surface area (Å²) in [5, 5.41) is 10.6. The number of rotatable bonds is 3. The number of nitrogens with zero attached hydrogens (tertiary/aromatic N) is 1. The van der Waals surface area contributed by atoms with E-state index in [4.69, 9.17) is 5.26 Å². The van der Waals surface area contributed by atoms with E-state index in [0.717, 1.165) is 48.8 Å². The minimum atomic E-state index is -0.00139. The van der Waals surface area contributed by atoms with Crippen molar-refractivity contribution in [3.05, 3.63) is 0 Å². The maximum atomic E-state index is 12.3. The first-order valence-electron chi connectivity index (χ1n) is 6.26. The van der Waals surface area contributed by atoms with E-state index >= 15 is 0 Å². The normalized spacial score (nSPS) is 44.3. The highest BCUT2D eigenvalue weighted by atomic mass is 32.2. The van der Waals surface area contributed by atoms with Gasteiger partial charge in [0, 0.05) is 5.41 Å². The van der Waals surface area contributed by atoms with Crippen molar-refractivity contribution in [1.82, 2.24) is 0 Å². The van der Waals surface area contributed by atoms with Gasteiger partial charge in [-0.3, -0.25) is 4.79 Å². The van der Waals surface area contributed by atoms with Gasteiger partial charge in [-0.1, -0.05) is 0 Å². The first-order chi connectivity index (χ1) is 7.72. The van der Waals surface area contributed by atoms with Gasteiger partial charge in [-0.05, 0) is 68.0 Å². The van der Waals surface area contributed by atoms with E-state index < -0.39 is 0 Å². The van der Waals surface area contributed by atoms with E-state index in [1.807, 2.05) is 5.40 Å². The van der Waals surface area contributed by atoms with Gasteiger partial charge in [0.05, 0.1) is 5.75 Å². The van der Waals surface area contributed by atoms with Gasteiger partial charge in [0.1, 0.15) is 11.2 Å². The Balaban J connectivity index is 1.78. The average molecular weight is 235 g/mol. The first-order valence-corrected chi connectivity index (χ1v) is 7.24. The van der Waals surface area contributed by atoms with Crippen LogP contribution in [-0.2, 0) is 4.79 Å². The zero-order valence-corrected chi connectivity index (χ0v) is 10.3. The van der Waals surface area contributed by atoms with Crippen LogP contribution in [0.2, 0.25) is 0 Å². The van der Waals surface area contributed by atoms with Crippen LogP contribution in [0.25, 0.3) is 0 Å². The molecule has 0 aromatic carbocycles. The molecule has 0 N–H and O–H groups in total. The second kappa shape index (κ2) is 3.77. The van der Waals surface area contributed by atoms with Gasteiger partial charge < -0.3 is 0 Å². The van der Waals surface area contributed by atoms with Crippen molar-refractivity contribution in [2.45, 2.75) is 38.5 Å². The van der Waals surface area contributed by atoms with E-state index in [9.17, 15) is 4.79 Å². The summed E-state index contributed by atoms with van der Waals surface area (Å²) < 4.78 is 0.